The molecular weight excluding hydrogens is 281 g/mol. The number of nitrogens with zero attached hydrogens (tertiary/aromatic N) is 1. The van der Waals surface area contributed by atoms with Crippen LogP contribution in [0.5, 0.6) is 0 Å². The molecule has 1 aromatic rings. The van der Waals surface area contributed by atoms with Gasteiger partial charge in [-0.05, 0) is 50.0 Å². The van der Waals surface area contributed by atoms with Crippen LogP contribution in [-0.4, -0.2) is 35.2 Å². The molecule has 0 bridgehead atoms. The van der Waals surface area contributed by atoms with Crippen LogP contribution in [0.4, 0.5) is 0 Å². The van der Waals surface area contributed by atoms with Gasteiger partial charge in [0, 0.05) is 23.0 Å². The van der Waals surface area contributed by atoms with Gasteiger partial charge < -0.3 is 10.0 Å². The van der Waals surface area contributed by atoms with Gasteiger partial charge in [-0.2, -0.15) is 0 Å². The van der Waals surface area contributed by atoms with Crippen molar-refractivity contribution < 1.29 is 5.11 Å². The zero-order valence-electron chi connectivity index (χ0n) is 11.3. The first kappa shape index (κ1) is 15.1. The van der Waals surface area contributed by atoms with Crippen molar-refractivity contribution in [3.8, 4) is 0 Å². The second-order valence-corrected chi connectivity index (χ2v) is 6.27. The third-order valence-electron chi connectivity index (χ3n) is 3.99. The molecule has 1 saturated heterocycles. The molecule has 1 aromatic carbocycles. The predicted molar refractivity (Wildman–Crippen MR) is 81.1 cm³/mol. The molecule has 106 valence electrons. The molecule has 0 radical (unpaired) electrons. The topological polar surface area (TPSA) is 23.5 Å². The number of rotatable bonds is 3. The molecule has 0 spiro atoms. The highest BCUT2D eigenvalue weighted by Gasteiger charge is 2.30. The van der Waals surface area contributed by atoms with Crippen molar-refractivity contribution in [2.45, 2.75) is 38.2 Å². The maximum atomic E-state index is 10.8. The number of hydrogen-bond acceptors (Lipinski definition) is 2. The summed E-state index contributed by atoms with van der Waals surface area (Å²) in [6, 6.07) is 5.50. The van der Waals surface area contributed by atoms with E-state index in [2.05, 4.69) is 11.8 Å². The summed E-state index contributed by atoms with van der Waals surface area (Å²) in [7, 11) is 0. The van der Waals surface area contributed by atoms with E-state index < -0.39 is 5.60 Å². The molecule has 1 unspecified atom stereocenters. The van der Waals surface area contributed by atoms with E-state index in [0.29, 0.717) is 16.5 Å². The Morgan fingerprint density at radius 2 is 2.05 bits per heavy atom. The molecule has 1 aliphatic rings. The van der Waals surface area contributed by atoms with Crippen molar-refractivity contribution >= 4 is 23.2 Å². The molecule has 4 heteroatoms. The van der Waals surface area contributed by atoms with Crippen molar-refractivity contribution in [3.63, 3.8) is 0 Å². The Labute approximate surface area is 125 Å². The van der Waals surface area contributed by atoms with Crippen LogP contribution >= 0.6 is 23.2 Å². The van der Waals surface area contributed by atoms with E-state index in [1.807, 2.05) is 12.1 Å². The lowest BCUT2D eigenvalue weighted by molar-refractivity contribution is 0.0258. The summed E-state index contributed by atoms with van der Waals surface area (Å²) >= 11 is 12.1. The summed E-state index contributed by atoms with van der Waals surface area (Å²) in [4.78, 5) is 2.39. The van der Waals surface area contributed by atoms with Crippen LogP contribution in [0.15, 0.2) is 18.2 Å². The smallest absolute Gasteiger partial charge is 0.0701 e. The molecule has 19 heavy (non-hydrogen) atoms. The monoisotopic (exact) mass is 301 g/mol. The standard InChI is InChI=1S/C15H21Cl2NO/c1-2-18-8-3-6-15(19,7-9-18)11-12-4-5-13(16)10-14(12)17/h4-5,10,19H,2-3,6-9,11H2,1H3. The summed E-state index contributed by atoms with van der Waals surface area (Å²) in [5.74, 6) is 0. The van der Waals surface area contributed by atoms with Crippen LogP contribution < -0.4 is 0 Å². The van der Waals surface area contributed by atoms with Crippen LogP contribution in [0.3, 0.4) is 0 Å². The minimum absolute atomic E-state index is 0.612. The Morgan fingerprint density at radius 1 is 1.26 bits per heavy atom. The summed E-state index contributed by atoms with van der Waals surface area (Å²) in [6.45, 7) is 5.25. The highest BCUT2D eigenvalue weighted by Crippen LogP contribution is 2.30. The molecule has 2 rings (SSSR count). The van der Waals surface area contributed by atoms with E-state index in [0.717, 1.165) is 44.5 Å². The zero-order chi connectivity index (χ0) is 13.9. The van der Waals surface area contributed by atoms with E-state index in [4.69, 9.17) is 23.2 Å². The first-order chi connectivity index (χ1) is 9.02. The lowest BCUT2D eigenvalue weighted by atomic mass is 9.88. The lowest BCUT2D eigenvalue weighted by Crippen LogP contribution is -2.33. The Kier molecular flexibility index (Phi) is 5.13. The van der Waals surface area contributed by atoms with Crippen molar-refractivity contribution in [2.75, 3.05) is 19.6 Å². The van der Waals surface area contributed by atoms with Crippen LogP contribution in [0.1, 0.15) is 31.7 Å². The molecule has 0 amide bonds. The number of likely N-dealkylation sites (tertiary alicyclic amines) is 1. The highest BCUT2D eigenvalue weighted by atomic mass is 35.5. The van der Waals surface area contributed by atoms with Crippen molar-refractivity contribution in [1.29, 1.82) is 0 Å². The van der Waals surface area contributed by atoms with Crippen LogP contribution in [0.25, 0.3) is 0 Å². The second kappa shape index (κ2) is 6.45. The molecule has 1 atom stereocenters. The van der Waals surface area contributed by atoms with E-state index in [-0.39, 0.29) is 0 Å². The summed E-state index contributed by atoms with van der Waals surface area (Å²) in [5, 5.41) is 12.1. The zero-order valence-corrected chi connectivity index (χ0v) is 12.8. The third kappa shape index (κ3) is 4.09. The van der Waals surface area contributed by atoms with Gasteiger partial charge in [-0.25, -0.2) is 0 Å². The summed E-state index contributed by atoms with van der Waals surface area (Å²) < 4.78 is 0. The molecule has 1 fully saturated rings. The SMILES string of the molecule is CCN1CCCC(O)(Cc2ccc(Cl)cc2Cl)CC1. The van der Waals surface area contributed by atoms with E-state index >= 15 is 0 Å². The Balaban J connectivity index is 2.08. The Bertz CT molecular complexity index is 438. The van der Waals surface area contributed by atoms with Crippen LogP contribution in [0.2, 0.25) is 10.0 Å². The van der Waals surface area contributed by atoms with Gasteiger partial charge in [-0.15, -0.1) is 0 Å². The number of halogens is 2. The number of aliphatic hydroxyl groups is 1. The minimum Gasteiger partial charge on any atom is -0.389 e. The van der Waals surface area contributed by atoms with E-state index in [1.54, 1.807) is 6.07 Å². The fraction of sp³-hybridized carbons (Fsp3) is 0.600. The van der Waals surface area contributed by atoms with Gasteiger partial charge in [-0.3, -0.25) is 0 Å². The molecular formula is C15H21Cl2NO. The van der Waals surface area contributed by atoms with Crippen molar-refractivity contribution in [2.24, 2.45) is 0 Å². The maximum absolute atomic E-state index is 10.8. The van der Waals surface area contributed by atoms with Gasteiger partial charge in [-0.1, -0.05) is 36.2 Å². The second-order valence-electron chi connectivity index (χ2n) is 5.42. The predicted octanol–water partition coefficient (Wildman–Crippen LogP) is 3.77. The average molecular weight is 302 g/mol. The molecule has 1 heterocycles. The van der Waals surface area contributed by atoms with E-state index in [1.165, 1.54) is 0 Å². The van der Waals surface area contributed by atoms with Gasteiger partial charge in [0.25, 0.3) is 0 Å². The molecule has 0 aromatic heterocycles. The molecule has 0 saturated carbocycles. The maximum Gasteiger partial charge on any atom is 0.0701 e. The minimum atomic E-state index is -0.638. The van der Waals surface area contributed by atoms with E-state index in [9.17, 15) is 5.11 Å². The third-order valence-corrected chi connectivity index (χ3v) is 4.58. The molecule has 0 aliphatic carbocycles. The van der Waals surface area contributed by atoms with Crippen molar-refractivity contribution in [3.05, 3.63) is 33.8 Å². The Morgan fingerprint density at radius 3 is 2.74 bits per heavy atom. The normalized spacial score (nSPS) is 25.3. The average Bonchev–Trinajstić information content (AvgIpc) is 2.55. The lowest BCUT2D eigenvalue weighted by Gasteiger charge is -2.27. The molecule has 2 nitrogen and oxygen atoms in total. The van der Waals surface area contributed by atoms with Crippen LogP contribution in [0, 0.1) is 0 Å². The van der Waals surface area contributed by atoms with Gasteiger partial charge in [0.1, 0.15) is 0 Å². The fourth-order valence-electron chi connectivity index (χ4n) is 2.75. The first-order valence-corrected chi connectivity index (χ1v) is 7.67. The summed E-state index contributed by atoms with van der Waals surface area (Å²) in [6.07, 6.45) is 3.29. The quantitative estimate of drug-likeness (QED) is 0.918. The summed E-state index contributed by atoms with van der Waals surface area (Å²) in [5.41, 5.74) is 0.347. The molecule has 1 N–H and O–H groups in total. The van der Waals surface area contributed by atoms with Crippen molar-refractivity contribution in [1.82, 2.24) is 4.90 Å². The number of hydrogen-bond donors (Lipinski definition) is 1. The highest BCUT2D eigenvalue weighted by molar-refractivity contribution is 6.35. The largest absolute Gasteiger partial charge is 0.389 e. The first-order valence-electron chi connectivity index (χ1n) is 6.91. The van der Waals surface area contributed by atoms with Gasteiger partial charge in [0.2, 0.25) is 0 Å². The van der Waals surface area contributed by atoms with Gasteiger partial charge in [0.15, 0.2) is 0 Å². The Hall–Kier alpha value is -0.280. The van der Waals surface area contributed by atoms with Gasteiger partial charge in [0.05, 0.1) is 5.60 Å². The number of benzene rings is 1. The fourth-order valence-corrected chi connectivity index (χ4v) is 3.22. The molecule has 1 aliphatic heterocycles. The van der Waals surface area contributed by atoms with Crippen LogP contribution in [-0.2, 0) is 6.42 Å². The van der Waals surface area contributed by atoms with Gasteiger partial charge >= 0.3 is 0 Å².